The standard InChI is InChI=1S/C13H11FN2/c14-12-6-2-1-4-10(12)8-9-11-5-3-7-13(15)16-11/h1-9H,(H2,15,16)/b9-8+. The fourth-order valence-electron chi connectivity index (χ4n) is 1.35. The van der Waals surface area contributed by atoms with Crippen LogP contribution < -0.4 is 5.73 Å². The van der Waals surface area contributed by atoms with E-state index in [1.54, 1.807) is 36.4 Å². The summed E-state index contributed by atoms with van der Waals surface area (Å²) in [6, 6.07) is 11.9. The molecule has 80 valence electrons. The lowest BCUT2D eigenvalue weighted by Crippen LogP contribution is -1.90. The fourth-order valence-corrected chi connectivity index (χ4v) is 1.35. The third-order valence-electron chi connectivity index (χ3n) is 2.13. The Kier molecular flexibility index (Phi) is 2.96. The van der Waals surface area contributed by atoms with Crippen LogP contribution in [-0.4, -0.2) is 4.98 Å². The van der Waals surface area contributed by atoms with E-state index in [1.165, 1.54) is 6.07 Å². The number of nitrogen functional groups attached to an aromatic ring is 1. The van der Waals surface area contributed by atoms with Crippen LogP contribution in [-0.2, 0) is 0 Å². The van der Waals surface area contributed by atoms with Gasteiger partial charge < -0.3 is 5.73 Å². The SMILES string of the molecule is Nc1cccc(/C=C/c2ccccc2F)n1. The molecule has 0 bridgehead atoms. The molecule has 0 fully saturated rings. The minimum Gasteiger partial charge on any atom is -0.384 e. The molecule has 0 amide bonds. The molecule has 1 aromatic heterocycles. The lowest BCUT2D eigenvalue weighted by atomic mass is 10.2. The van der Waals surface area contributed by atoms with Crippen molar-refractivity contribution < 1.29 is 4.39 Å². The van der Waals surface area contributed by atoms with E-state index in [9.17, 15) is 4.39 Å². The molecule has 2 N–H and O–H groups in total. The predicted molar refractivity (Wildman–Crippen MR) is 64.0 cm³/mol. The third kappa shape index (κ3) is 2.45. The summed E-state index contributed by atoms with van der Waals surface area (Å²) >= 11 is 0. The maximum absolute atomic E-state index is 13.3. The normalized spacial score (nSPS) is 10.8. The molecule has 16 heavy (non-hydrogen) atoms. The maximum atomic E-state index is 13.3. The molecule has 1 aromatic carbocycles. The highest BCUT2D eigenvalue weighted by Crippen LogP contribution is 2.11. The summed E-state index contributed by atoms with van der Waals surface area (Å²) in [4.78, 5) is 4.09. The highest BCUT2D eigenvalue weighted by Gasteiger charge is 1.95. The lowest BCUT2D eigenvalue weighted by molar-refractivity contribution is 0.625. The summed E-state index contributed by atoms with van der Waals surface area (Å²) in [6.45, 7) is 0. The number of nitrogens with zero attached hydrogens (tertiary/aromatic N) is 1. The first-order valence-corrected chi connectivity index (χ1v) is 4.91. The van der Waals surface area contributed by atoms with Crippen molar-refractivity contribution in [2.45, 2.75) is 0 Å². The zero-order valence-corrected chi connectivity index (χ0v) is 8.60. The van der Waals surface area contributed by atoms with Gasteiger partial charge in [0, 0.05) is 5.56 Å². The largest absolute Gasteiger partial charge is 0.384 e. The fraction of sp³-hybridized carbons (Fsp3) is 0. The van der Waals surface area contributed by atoms with Crippen molar-refractivity contribution in [3.8, 4) is 0 Å². The number of rotatable bonds is 2. The van der Waals surface area contributed by atoms with Crippen molar-refractivity contribution in [1.82, 2.24) is 4.98 Å². The third-order valence-corrected chi connectivity index (χ3v) is 2.13. The summed E-state index contributed by atoms with van der Waals surface area (Å²) in [5.74, 6) is 0.207. The predicted octanol–water partition coefficient (Wildman–Crippen LogP) is 2.97. The number of aromatic nitrogens is 1. The van der Waals surface area contributed by atoms with Crippen LogP contribution in [0.15, 0.2) is 42.5 Å². The van der Waals surface area contributed by atoms with Crippen molar-refractivity contribution in [2.75, 3.05) is 5.73 Å². The van der Waals surface area contributed by atoms with Gasteiger partial charge in [0.15, 0.2) is 0 Å². The molecule has 0 spiro atoms. The zero-order chi connectivity index (χ0) is 11.4. The van der Waals surface area contributed by atoms with Crippen LogP contribution in [0.4, 0.5) is 10.2 Å². The number of halogens is 1. The Hall–Kier alpha value is -2.16. The Morgan fingerprint density at radius 1 is 1.00 bits per heavy atom. The molecule has 0 radical (unpaired) electrons. The van der Waals surface area contributed by atoms with E-state index in [0.717, 1.165) is 0 Å². The van der Waals surface area contributed by atoms with Gasteiger partial charge in [-0.1, -0.05) is 24.3 Å². The lowest BCUT2D eigenvalue weighted by Gasteiger charge is -1.96. The van der Waals surface area contributed by atoms with E-state index < -0.39 is 0 Å². The smallest absolute Gasteiger partial charge is 0.130 e. The van der Waals surface area contributed by atoms with Gasteiger partial charge in [-0.3, -0.25) is 0 Å². The van der Waals surface area contributed by atoms with Gasteiger partial charge >= 0.3 is 0 Å². The number of anilines is 1. The molecule has 2 nitrogen and oxygen atoms in total. The van der Waals surface area contributed by atoms with Gasteiger partial charge in [-0.05, 0) is 30.4 Å². The average Bonchev–Trinajstić information content (AvgIpc) is 2.28. The Bertz CT molecular complexity index is 521. The Morgan fingerprint density at radius 3 is 2.56 bits per heavy atom. The van der Waals surface area contributed by atoms with Crippen molar-refractivity contribution in [2.24, 2.45) is 0 Å². The van der Waals surface area contributed by atoms with Crippen molar-refractivity contribution in [3.63, 3.8) is 0 Å². The average molecular weight is 214 g/mol. The van der Waals surface area contributed by atoms with Gasteiger partial charge in [-0.2, -0.15) is 0 Å². The van der Waals surface area contributed by atoms with Crippen molar-refractivity contribution in [1.29, 1.82) is 0 Å². The van der Waals surface area contributed by atoms with Crippen LogP contribution in [0.1, 0.15) is 11.3 Å². The molecule has 0 aliphatic carbocycles. The van der Waals surface area contributed by atoms with Gasteiger partial charge in [0.25, 0.3) is 0 Å². The summed E-state index contributed by atoms with van der Waals surface area (Å²) < 4.78 is 13.3. The summed E-state index contributed by atoms with van der Waals surface area (Å²) in [5.41, 5.74) is 6.78. The van der Waals surface area contributed by atoms with Gasteiger partial charge in [-0.15, -0.1) is 0 Å². The minimum absolute atomic E-state index is 0.248. The highest BCUT2D eigenvalue weighted by molar-refractivity contribution is 5.68. The molecule has 2 aromatic rings. The highest BCUT2D eigenvalue weighted by atomic mass is 19.1. The number of nitrogens with two attached hydrogens (primary N) is 1. The van der Waals surface area contributed by atoms with Crippen LogP contribution in [0.5, 0.6) is 0 Å². The molecule has 0 aliphatic heterocycles. The number of hydrogen-bond acceptors (Lipinski definition) is 2. The first-order valence-electron chi connectivity index (χ1n) is 4.91. The number of pyridine rings is 1. The molecular formula is C13H11FN2. The topological polar surface area (TPSA) is 38.9 Å². The first-order chi connectivity index (χ1) is 7.75. The Labute approximate surface area is 93.3 Å². The second kappa shape index (κ2) is 4.57. The van der Waals surface area contributed by atoms with E-state index in [0.29, 0.717) is 17.1 Å². The summed E-state index contributed by atoms with van der Waals surface area (Å²) in [6.07, 6.45) is 3.41. The van der Waals surface area contributed by atoms with Crippen molar-refractivity contribution in [3.05, 3.63) is 59.5 Å². The molecule has 2 rings (SSSR count). The zero-order valence-electron chi connectivity index (χ0n) is 8.60. The van der Waals surface area contributed by atoms with Gasteiger partial charge in [0.05, 0.1) is 5.69 Å². The van der Waals surface area contributed by atoms with Gasteiger partial charge in [0.1, 0.15) is 11.6 Å². The van der Waals surface area contributed by atoms with E-state index in [-0.39, 0.29) is 5.82 Å². The molecular weight excluding hydrogens is 203 g/mol. The number of hydrogen-bond donors (Lipinski definition) is 1. The Morgan fingerprint density at radius 2 is 1.81 bits per heavy atom. The van der Waals surface area contributed by atoms with Crippen molar-refractivity contribution >= 4 is 18.0 Å². The van der Waals surface area contributed by atoms with E-state index in [1.807, 2.05) is 12.1 Å². The Balaban J connectivity index is 2.25. The second-order valence-electron chi connectivity index (χ2n) is 3.34. The van der Waals surface area contributed by atoms with Crippen LogP contribution in [0, 0.1) is 5.82 Å². The summed E-state index contributed by atoms with van der Waals surface area (Å²) in [5, 5.41) is 0. The van der Waals surface area contributed by atoms with E-state index >= 15 is 0 Å². The van der Waals surface area contributed by atoms with Crippen LogP contribution in [0.3, 0.4) is 0 Å². The molecule has 0 unspecified atom stereocenters. The molecule has 0 saturated heterocycles. The molecule has 0 aliphatic rings. The minimum atomic E-state index is -0.248. The number of benzene rings is 1. The van der Waals surface area contributed by atoms with Gasteiger partial charge in [-0.25, -0.2) is 9.37 Å². The molecule has 1 heterocycles. The van der Waals surface area contributed by atoms with Crippen LogP contribution in [0.25, 0.3) is 12.2 Å². The van der Waals surface area contributed by atoms with Gasteiger partial charge in [0.2, 0.25) is 0 Å². The molecule has 0 saturated carbocycles. The quantitative estimate of drug-likeness (QED) is 0.834. The maximum Gasteiger partial charge on any atom is 0.130 e. The monoisotopic (exact) mass is 214 g/mol. The second-order valence-corrected chi connectivity index (χ2v) is 3.34. The molecule has 3 heteroatoms. The van der Waals surface area contributed by atoms with E-state index in [4.69, 9.17) is 5.73 Å². The van der Waals surface area contributed by atoms with Crippen LogP contribution >= 0.6 is 0 Å². The molecule has 0 atom stereocenters. The first kappa shape index (κ1) is 10.4. The van der Waals surface area contributed by atoms with Crippen LogP contribution in [0.2, 0.25) is 0 Å². The van der Waals surface area contributed by atoms with E-state index in [2.05, 4.69) is 4.98 Å². The summed E-state index contributed by atoms with van der Waals surface area (Å²) in [7, 11) is 0.